The molecule has 0 radical (unpaired) electrons. The van der Waals surface area contributed by atoms with Crippen LogP contribution in [0.2, 0.25) is 0 Å². The molecular formula is C2H2ClOPS. The second-order valence-corrected chi connectivity index (χ2v) is 4.96. The van der Waals surface area contributed by atoms with Crippen molar-refractivity contribution < 1.29 is 4.52 Å². The van der Waals surface area contributed by atoms with E-state index >= 15 is 0 Å². The largest absolute Gasteiger partial charge is 0.455 e. The van der Waals surface area contributed by atoms with E-state index in [0.717, 1.165) is 0 Å². The normalized spacial score (nSPS) is 30.5. The molecule has 0 bridgehead atoms. The van der Waals surface area contributed by atoms with Crippen LogP contribution in [0.15, 0.2) is 11.7 Å². The van der Waals surface area contributed by atoms with E-state index in [-0.39, 0.29) is 0 Å². The second kappa shape index (κ2) is 2.06. The first-order chi connectivity index (χ1) is 2.89. The van der Waals surface area contributed by atoms with Gasteiger partial charge in [0.05, 0.1) is 6.26 Å². The average Bonchev–Trinajstić information content (AvgIpc) is 1.86. The minimum absolute atomic E-state index is 0.687. The molecule has 0 N–H and O–H groups in total. The molecule has 0 amide bonds. The summed E-state index contributed by atoms with van der Waals surface area (Å²) in [5, 5.41) is 1.85. The van der Waals surface area contributed by atoms with E-state index in [0.29, 0.717) is 0 Å². The van der Waals surface area contributed by atoms with Crippen molar-refractivity contribution in [1.29, 1.82) is 0 Å². The first-order valence-electron chi connectivity index (χ1n) is 1.34. The van der Waals surface area contributed by atoms with Crippen LogP contribution in [0.25, 0.3) is 0 Å². The van der Waals surface area contributed by atoms with E-state index in [1.54, 1.807) is 6.26 Å². The molecule has 0 saturated heterocycles. The molecule has 0 spiro atoms. The van der Waals surface area contributed by atoms with Crippen molar-refractivity contribution in [1.82, 2.24) is 0 Å². The van der Waals surface area contributed by atoms with Gasteiger partial charge in [0.25, 0.3) is 0 Å². The summed E-state index contributed by atoms with van der Waals surface area (Å²) >= 11 is 6.98. The van der Waals surface area contributed by atoms with Crippen molar-refractivity contribution >= 4 is 29.3 Å². The van der Waals surface area contributed by atoms with Crippen LogP contribution in [-0.4, -0.2) is 0 Å². The Bertz CT molecular complexity index is 67.9. The van der Waals surface area contributed by atoms with Gasteiger partial charge in [0.1, 0.15) is 0 Å². The van der Waals surface area contributed by atoms with Gasteiger partial charge in [-0.3, -0.25) is 0 Å². The molecule has 4 heteroatoms. The Hall–Kier alpha value is 0.610. The zero-order valence-electron chi connectivity index (χ0n) is 2.80. The minimum Gasteiger partial charge on any atom is -0.455 e. The summed E-state index contributed by atoms with van der Waals surface area (Å²) in [7, 11) is 0. The van der Waals surface area contributed by atoms with Crippen molar-refractivity contribution in [2.24, 2.45) is 0 Å². The van der Waals surface area contributed by atoms with Gasteiger partial charge in [0.15, 0.2) is 0 Å². The van der Waals surface area contributed by atoms with E-state index in [2.05, 4.69) is 0 Å². The maximum Gasteiger partial charge on any atom is 0.250 e. The van der Waals surface area contributed by atoms with E-state index in [1.807, 2.05) is 5.41 Å². The Morgan fingerprint density at radius 1 is 1.83 bits per heavy atom. The van der Waals surface area contributed by atoms with Crippen LogP contribution in [0.1, 0.15) is 0 Å². The monoisotopic (exact) mass is 140 g/mol. The van der Waals surface area contributed by atoms with E-state index in [1.165, 1.54) is 11.4 Å². The lowest BCUT2D eigenvalue weighted by atomic mass is 11.2. The van der Waals surface area contributed by atoms with Gasteiger partial charge in [0, 0.05) is 5.41 Å². The lowest BCUT2D eigenvalue weighted by Crippen LogP contribution is -1.44. The summed E-state index contributed by atoms with van der Waals surface area (Å²) in [6.45, 7) is -0.687. The molecular weight excluding hydrogens is 139 g/mol. The molecule has 1 unspecified atom stereocenters. The summed E-state index contributed by atoms with van der Waals surface area (Å²) in [4.78, 5) is 0. The van der Waals surface area contributed by atoms with Crippen molar-refractivity contribution in [3.05, 3.63) is 11.7 Å². The summed E-state index contributed by atoms with van der Waals surface area (Å²) in [5.41, 5.74) is 0. The minimum atomic E-state index is -0.687. The van der Waals surface area contributed by atoms with Crippen molar-refractivity contribution in [3.8, 4) is 0 Å². The van der Waals surface area contributed by atoms with Gasteiger partial charge in [-0.15, -0.1) is 0 Å². The maximum atomic E-state index is 5.46. The third-order valence-corrected chi connectivity index (χ3v) is 3.11. The van der Waals surface area contributed by atoms with Gasteiger partial charge in [-0.1, -0.05) is 0 Å². The molecule has 1 atom stereocenters. The smallest absolute Gasteiger partial charge is 0.250 e. The van der Waals surface area contributed by atoms with Crippen LogP contribution >= 0.6 is 29.3 Å². The number of hydrogen-bond acceptors (Lipinski definition) is 2. The first kappa shape index (κ1) is 4.76. The predicted molar refractivity (Wildman–Crippen MR) is 30.6 cm³/mol. The van der Waals surface area contributed by atoms with Crippen LogP contribution in [0.3, 0.4) is 0 Å². The second-order valence-electron chi connectivity index (χ2n) is 0.696. The van der Waals surface area contributed by atoms with Gasteiger partial charge in [-0.25, -0.2) is 0 Å². The van der Waals surface area contributed by atoms with Crippen molar-refractivity contribution in [2.45, 2.75) is 0 Å². The van der Waals surface area contributed by atoms with Crippen LogP contribution in [-0.2, 0) is 4.52 Å². The lowest BCUT2D eigenvalue weighted by molar-refractivity contribution is 0.563. The molecule has 1 rings (SSSR count). The Kier molecular flexibility index (Phi) is 1.63. The zero-order valence-corrected chi connectivity index (χ0v) is 5.26. The number of rotatable bonds is 0. The molecule has 34 valence electrons. The molecule has 0 aromatic rings. The molecule has 1 aliphatic heterocycles. The Balaban J connectivity index is 2.32. The molecule has 0 saturated carbocycles. The average molecular weight is 141 g/mol. The summed E-state index contributed by atoms with van der Waals surface area (Å²) in [6, 6.07) is 0. The van der Waals surface area contributed by atoms with Gasteiger partial charge < -0.3 is 4.52 Å². The standard InChI is InChI=1S/C2H2ClOPS/c3-5-4-1-2-6-5/h1-2H. The fraction of sp³-hybridized carbons (Fsp3) is 0. The molecule has 0 aliphatic carbocycles. The molecule has 6 heavy (non-hydrogen) atoms. The highest BCUT2D eigenvalue weighted by Gasteiger charge is 2.06. The van der Waals surface area contributed by atoms with Gasteiger partial charge in [-0.05, 0) is 22.6 Å². The summed E-state index contributed by atoms with van der Waals surface area (Å²) in [6.07, 6.45) is 1.61. The quantitative estimate of drug-likeness (QED) is 0.479. The SMILES string of the molecule is ClP1OC=CS1. The van der Waals surface area contributed by atoms with E-state index < -0.39 is 6.70 Å². The predicted octanol–water partition coefficient (Wildman–Crippen LogP) is 2.69. The lowest BCUT2D eigenvalue weighted by Gasteiger charge is -1.90. The fourth-order valence-corrected chi connectivity index (χ4v) is 1.95. The zero-order chi connectivity index (χ0) is 4.41. The Morgan fingerprint density at radius 2 is 2.67 bits per heavy atom. The maximum absolute atomic E-state index is 5.46. The molecule has 0 fully saturated rings. The van der Waals surface area contributed by atoms with Gasteiger partial charge >= 0.3 is 0 Å². The third-order valence-electron chi connectivity index (χ3n) is 0.343. The van der Waals surface area contributed by atoms with Crippen LogP contribution in [0, 0.1) is 0 Å². The Morgan fingerprint density at radius 3 is 2.83 bits per heavy atom. The number of halogens is 1. The molecule has 0 aromatic carbocycles. The van der Waals surface area contributed by atoms with Crippen molar-refractivity contribution in [2.75, 3.05) is 0 Å². The summed E-state index contributed by atoms with van der Waals surface area (Å²) < 4.78 is 4.77. The molecule has 1 aliphatic rings. The first-order valence-corrected chi connectivity index (χ1v) is 4.99. The highest BCUT2D eigenvalue weighted by atomic mass is 35.7. The molecule has 0 aromatic heterocycles. The highest BCUT2D eigenvalue weighted by molar-refractivity contribution is 8.63. The van der Waals surface area contributed by atoms with E-state index in [4.69, 9.17) is 15.8 Å². The highest BCUT2D eigenvalue weighted by Crippen LogP contribution is 2.59. The fourth-order valence-electron chi connectivity index (χ4n) is 0.170. The topological polar surface area (TPSA) is 9.23 Å². The molecule has 1 nitrogen and oxygen atoms in total. The van der Waals surface area contributed by atoms with Crippen LogP contribution in [0.4, 0.5) is 0 Å². The van der Waals surface area contributed by atoms with Crippen LogP contribution in [0.5, 0.6) is 0 Å². The number of hydrogen-bond donors (Lipinski definition) is 0. The summed E-state index contributed by atoms with van der Waals surface area (Å²) in [5.74, 6) is 0. The molecule has 1 heterocycles. The Labute approximate surface area is 46.1 Å². The van der Waals surface area contributed by atoms with Gasteiger partial charge in [-0.2, -0.15) is 0 Å². The van der Waals surface area contributed by atoms with Gasteiger partial charge in [0.2, 0.25) is 6.70 Å². The van der Waals surface area contributed by atoms with Crippen LogP contribution < -0.4 is 0 Å². The van der Waals surface area contributed by atoms with E-state index in [9.17, 15) is 0 Å². The van der Waals surface area contributed by atoms with Crippen molar-refractivity contribution in [3.63, 3.8) is 0 Å². The third kappa shape index (κ3) is 1.04.